The lowest BCUT2D eigenvalue weighted by Gasteiger charge is -2.00. The van der Waals surface area contributed by atoms with E-state index in [9.17, 15) is 4.79 Å². The molecule has 3 rings (SSSR count). The first-order chi connectivity index (χ1) is 11.1. The van der Waals surface area contributed by atoms with Crippen LogP contribution in [-0.4, -0.2) is 21.5 Å². The number of thioether (sulfide) groups is 1. The highest BCUT2D eigenvalue weighted by Crippen LogP contribution is 2.23. The molecule has 23 heavy (non-hydrogen) atoms. The van der Waals surface area contributed by atoms with Gasteiger partial charge in [0.2, 0.25) is 0 Å². The van der Waals surface area contributed by atoms with Crippen molar-refractivity contribution in [3.05, 3.63) is 69.8 Å². The van der Waals surface area contributed by atoms with Gasteiger partial charge in [0, 0.05) is 15.1 Å². The van der Waals surface area contributed by atoms with Crippen LogP contribution in [0.4, 0.5) is 0 Å². The predicted octanol–water partition coefficient (Wildman–Crippen LogP) is 5.47. The number of benzene rings is 2. The number of H-pyrrole nitrogens is 1. The lowest BCUT2D eigenvalue weighted by Crippen LogP contribution is -2.02. The van der Waals surface area contributed by atoms with Crippen molar-refractivity contribution in [2.45, 2.75) is 5.16 Å². The highest BCUT2D eigenvalue weighted by Gasteiger charge is 2.09. The fourth-order valence-corrected chi connectivity index (χ4v) is 3.14. The summed E-state index contributed by atoms with van der Waals surface area (Å²) in [6, 6.07) is 14.9. The summed E-state index contributed by atoms with van der Waals surface area (Å²) in [6.07, 6.45) is 1.78. The number of imidazole rings is 1. The van der Waals surface area contributed by atoms with Crippen molar-refractivity contribution in [2.24, 2.45) is 0 Å². The summed E-state index contributed by atoms with van der Waals surface area (Å²) in [5.74, 6) is 0.378. The fourth-order valence-electron chi connectivity index (χ4n) is 2.01. The van der Waals surface area contributed by atoms with Crippen LogP contribution in [0.15, 0.2) is 64.4 Å². The number of Topliss-reactive ketones (excluding diaryl/α,β-unsaturated/α-hetero) is 1. The van der Waals surface area contributed by atoms with Crippen molar-refractivity contribution in [3.8, 4) is 11.3 Å². The van der Waals surface area contributed by atoms with E-state index in [1.54, 1.807) is 30.5 Å². The molecular formula is C17H12BrClN2OS. The van der Waals surface area contributed by atoms with Crippen LogP contribution in [0, 0.1) is 0 Å². The van der Waals surface area contributed by atoms with E-state index < -0.39 is 0 Å². The summed E-state index contributed by atoms with van der Waals surface area (Å²) in [6.45, 7) is 0. The topological polar surface area (TPSA) is 45.8 Å². The Balaban J connectivity index is 1.64. The Bertz CT molecular complexity index is 815. The number of hydrogen-bond acceptors (Lipinski definition) is 3. The number of aromatic nitrogens is 2. The summed E-state index contributed by atoms with van der Waals surface area (Å²) < 4.78 is 1.03. The third-order valence-electron chi connectivity index (χ3n) is 3.21. The molecule has 0 amide bonds. The Labute approximate surface area is 151 Å². The molecule has 2 aromatic carbocycles. The molecule has 0 saturated heterocycles. The third-order valence-corrected chi connectivity index (χ3v) is 4.88. The number of carbonyl (C=O) groups excluding carboxylic acids is 1. The predicted molar refractivity (Wildman–Crippen MR) is 98.2 cm³/mol. The lowest BCUT2D eigenvalue weighted by molar-refractivity contribution is 0.102. The van der Waals surface area contributed by atoms with Gasteiger partial charge in [0.1, 0.15) is 0 Å². The molecular weight excluding hydrogens is 396 g/mol. The largest absolute Gasteiger partial charge is 0.333 e. The molecule has 0 saturated carbocycles. The average Bonchev–Trinajstić information content (AvgIpc) is 3.03. The van der Waals surface area contributed by atoms with Gasteiger partial charge in [-0.1, -0.05) is 51.4 Å². The first-order valence-electron chi connectivity index (χ1n) is 6.84. The van der Waals surface area contributed by atoms with Gasteiger partial charge in [0.15, 0.2) is 10.9 Å². The van der Waals surface area contributed by atoms with Crippen LogP contribution >= 0.6 is 39.3 Å². The molecule has 0 aliphatic rings. The first-order valence-corrected chi connectivity index (χ1v) is 9.00. The Morgan fingerprint density at radius 2 is 1.83 bits per heavy atom. The van der Waals surface area contributed by atoms with Gasteiger partial charge in [0.05, 0.1) is 17.6 Å². The van der Waals surface area contributed by atoms with Crippen LogP contribution in [0.3, 0.4) is 0 Å². The fraction of sp³-hybridized carbons (Fsp3) is 0.0588. The van der Waals surface area contributed by atoms with Crippen LogP contribution in [-0.2, 0) is 0 Å². The van der Waals surface area contributed by atoms with E-state index in [0.717, 1.165) is 20.9 Å². The minimum atomic E-state index is 0.0493. The van der Waals surface area contributed by atoms with Crippen molar-refractivity contribution in [1.29, 1.82) is 0 Å². The lowest BCUT2D eigenvalue weighted by atomic mass is 10.1. The van der Waals surface area contributed by atoms with Crippen LogP contribution in [0.25, 0.3) is 11.3 Å². The Morgan fingerprint density at radius 1 is 1.13 bits per heavy atom. The van der Waals surface area contributed by atoms with Crippen LogP contribution in [0.2, 0.25) is 5.02 Å². The molecule has 0 fully saturated rings. The van der Waals surface area contributed by atoms with Gasteiger partial charge < -0.3 is 4.98 Å². The number of nitrogens with one attached hydrogen (secondary N) is 1. The maximum absolute atomic E-state index is 12.1. The molecule has 0 spiro atoms. The van der Waals surface area contributed by atoms with Crippen molar-refractivity contribution in [3.63, 3.8) is 0 Å². The summed E-state index contributed by atoms with van der Waals surface area (Å²) in [4.78, 5) is 19.7. The van der Waals surface area contributed by atoms with E-state index in [1.165, 1.54) is 11.8 Å². The molecule has 6 heteroatoms. The zero-order valence-corrected chi connectivity index (χ0v) is 15.1. The van der Waals surface area contributed by atoms with Gasteiger partial charge in [-0.2, -0.15) is 0 Å². The van der Waals surface area contributed by atoms with Crippen molar-refractivity contribution < 1.29 is 4.79 Å². The summed E-state index contributed by atoms with van der Waals surface area (Å²) >= 11 is 10.6. The molecule has 0 aliphatic carbocycles. The summed E-state index contributed by atoms with van der Waals surface area (Å²) in [5.41, 5.74) is 2.64. The molecule has 0 unspecified atom stereocenters. The molecule has 1 heterocycles. The van der Waals surface area contributed by atoms with E-state index >= 15 is 0 Å². The number of ketones is 1. The van der Waals surface area contributed by atoms with Crippen molar-refractivity contribution in [1.82, 2.24) is 9.97 Å². The van der Waals surface area contributed by atoms with E-state index in [1.807, 2.05) is 24.3 Å². The molecule has 3 nitrogen and oxygen atoms in total. The van der Waals surface area contributed by atoms with Gasteiger partial charge in [-0.15, -0.1) is 0 Å². The van der Waals surface area contributed by atoms with E-state index in [2.05, 4.69) is 25.9 Å². The highest BCUT2D eigenvalue weighted by molar-refractivity contribution is 9.10. The average molecular weight is 408 g/mol. The number of nitrogens with zero attached hydrogens (tertiary/aromatic N) is 1. The smallest absolute Gasteiger partial charge is 0.173 e. The van der Waals surface area contributed by atoms with E-state index in [-0.39, 0.29) is 5.78 Å². The van der Waals surface area contributed by atoms with Crippen molar-refractivity contribution in [2.75, 3.05) is 5.75 Å². The standard InChI is InChI=1S/C17H12BrClN2OS/c18-13-5-1-11(2-6-13)15-9-20-17(21-15)23-10-16(22)12-3-7-14(19)8-4-12/h1-9H,10H2,(H,20,21). The van der Waals surface area contributed by atoms with Crippen molar-refractivity contribution >= 4 is 45.1 Å². The second kappa shape index (κ2) is 7.34. The molecule has 3 aromatic rings. The number of aromatic amines is 1. The van der Waals surface area contributed by atoms with Crippen LogP contribution < -0.4 is 0 Å². The monoisotopic (exact) mass is 406 g/mol. The maximum atomic E-state index is 12.1. The second-order valence-electron chi connectivity index (χ2n) is 4.83. The van der Waals surface area contributed by atoms with Gasteiger partial charge >= 0.3 is 0 Å². The molecule has 0 bridgehead atoms. The molecule has 0 radical (unpaired) electrons. The second-order valence-corrected chi connectivity index (χ2v) is 7.14. The van der Waals surface area contributed by atoms with E-state index in [0.29, 0.717) is 16.3 Å². The molecule has 1 aromatic heterocycles. The minimum absolute atomic E-state index is 0.0493. The van der Waals surface area contributed by atoms with Crippen LogP contribution in [0.1, 0.15) is 10.4 Å². The van der Waals surface area contributed by atoms with Gasteiger partial charge in [-0.25, -0.2) is 4.98 Å². The Hall–Kier alpha value is -1.56. The first kappa shape index (κ1) is 16.3. The quantitative estimate of drug-likeness (QED) is 0.451. The Morgan fingerprint density at radius 3 is 2.52 bits per heavy atom. The zero-order valence-electron chi connectivity index (χ0n) is 11.9. The normalized spacial score (nSPS) is 10.7. The Kier molecular flexibility index (Phi) is 5.20. The van der Waals surface area contributed by atoms with Crippen LogP contribution in [0.5, 0.6) is 0 Å². The zero-order chi connectivity index (χ0) is 16.2. The molecule has 116 valence electrons. The number of halogens is 2. The third kappa shape index (κ3) is 4.25. The van der Waals surface area contributed by atoms with Gasteiger partial charge in [-0.05, 0) is 42.0 Å². The minimum Gasteiger partial charge on any atom is -0.333 e. The van der Waals surface area contributed by atoms with E-state index in [4.69, 9.17) is 11.6 Å². The summed E-state index contributed by atoms with van der Waals surface area (Å²) in [5, 5.41) is 1.35. The molecule has 0 aliphatic heterocycles. The molecule has 1 N–H and O–H groups in total. The van der Waals surface area contributed by atoms with Gasteiger partial charge in [-0.3, -0.25) is 4.79 Å². The number of rotatable bonds is 5. The maximum Gasteiger partial charge on any atom is 0.173 e. The molecule has 0 atom stereocenters. The van der Waals surface area contributed by atoms with Gasteiger partial charge in [0.25, 0.3) is 0 Å². The SMILES string of the molecule is O=C(CSc1ncc(-c2ccc(Br)cc2)[nH]1)c1ccc(Cl)cc1. The number of carbonyl (C=O) groups is 1. The number of hydrogen-bond donors (Lipinski definition) is 1. The summed E-state index contributed by atoms with van der Waals surface area (Å²) in [7, 11) is 0. The highest BCUT2D eigenvalue weighted by atomic mass is 79.9.